The highest BCUT2D eigenvalue weighted by atomic mass is 15.2. The van der Waals surface area contributed by atoms with Crippen molar-refractivity contribution in [1.29, 1.82) is 0 Å². The van der Waals surface area contributed by atoms with Crippen LogP contribution in [0.2, 0.25) is 0 Å². The molecule has 4 nitrogen and oxygen atoms in total. The fourth-order valence-electron chi connectivity index (χ4n) is 2.66. The van der Waals surface area contributed by atoms with E-state index in [2.05, 4.69) is 39.9 Å². The third-order valence-electron chi connectivity index (χ3n) is 4.00. The summed E-state index contributed by atoms with van der Waals surface area (Å²) in [5.74, 6) is 1.96. The van der Waals surface area contributed by atoms with Crippen molar-refractivity contribution in [2.75, 3.05) is 11.9 Å². The summed E-state index contributed by atoms with van der Waals surface area (Å²) in [5, 5.41) is 1.12. The van der Waals surface area contributed by atoms with Gasteiger partial charge < -0.3 is 9.88 Å². The van der Waals surface area contributed by atoms with E-state index in [1.165, 1.54) is 19.3 Å². The lowest BCUT2D eigenvalue weighted by molar-refractivity contribution is 0.250. The molecular formula is C13H18N4. The van der Waals surface area contributed by atoms with Crippen molar-refractivity contribution in [3.8, 4) is 0 Å². The molecule has 0 aromatic carbocycles. The molecule has 1 fully saturated rings. The number of nitrogens with zero attached hydrogens (tertiary/aromatic N) is 3. The maximum absolute atomic E-state index is 4.43. The lowest BCUT2D eigenvalue weighted by Crippen LogP contribution is -2.42. The first-order valence-electron chi connectivity index (χ1n) is 6.30. The van der Waals surface area contributed by atoms with Crippen LogP contribution in [0.3, 0.4) is 0 Å². The van der Waals surface area contributed by atoms with E-state index in [1.54, 1.807) is 6.33 Å². The first-order chi connectivity index (χ1) is 8.29. The molecule has 1 aliphatic rings. The van der Waals surface area contributed by atoms with Crippen LogP contribution in [0.4, 0.5) is 5.82 Å². The molecule has 1 saturated carbocycles. The van der Waals surface area contributed by atoms with E-state index in [4.69, 9.17) is 0 Å². The largest absolute Gasteiger partial charge is 0.356 e. The van der Waals surface area contributed by atoms with Crippen LogP contribution in [0, 0.1) is 5.92 Å². The molecule has 0 atom stereocenters. The van der Waals surface area contributed by atoms with Crippen LogP contribution in [-0.2, 0) is 0 Å². The zero-order chi connectivity index (χ0) is 11.8. The van der Waals surface area contributed by atoms with Crippen molar-refractivity contribution in [2.45, 2.75) is 32.2 Å². The molecule has 2 aromatic heterocycles. The summed E-state index contributed by atoms with van der Waals surface area (Å²) in [4.78, 5) is 14.1. The molecule has 0 bridgehead atoms. The van der Waals surface area contributed by atoms with Crippen LogP contribution in [-0.4, -0.2) is 28.0 Å². The maximum atomic E-state index is 4.43. The van der Waals surface area contributed by atoms with Crippen LogP contribution in [0.25, 0.3) is 11.0 Å². The summed E-state index contributed by atoms with van der Waals surface area (Å²) in [5.41, 5.74) is 0.924. The number of anilines is 1. The zero-order valence-electron chi connectivity index (χ0n) is 10.3. The van der Waals surface area contributed by atoms with Crippen LogP contribution < -0.4 is 4.90 Å². The molecule has 1 N–H and O–H groups in total. The summed E-state index contributed by atoms with van der Waals surface area (Å²) in [6, 6.07) is 2.70. The predicted octanol–water partition coefficient (Wildman–Crippen LogP) is 2.58. The maximum Gasteiger partial charge on any atom is 0.142 e. The van der Waals surface area contributed by atoms with E-state index in [9.17, 15) is 0 Å². The van der Waals surface area contributed by atoms with E-state index < -0.39 is 0 Å². The molecule has 17 heavy (non-hydrogen) atoms. The van der Waals surface area contributed by atoms with Crippen molar-refractivity contribution in [1.82, 2.24) is 15.0 Å². The Morgan fingerprint density at radius 1 is 1.41 bits per heavy atom. The van der Waals surface area contributed by atoms with Crippen molar-refractivity contribution in [3.05, 3.63) is 18.6 Å². The summed E-state index contributed by atoms with van der Waals surface area (Å²) in [6.45, 7) is 2.27. The zero-order valence-corrected chi connectivity index (χ0v) is 10.3. The highest BCUT2D eigenvalue weighted by Gasteiger charge is 2.31. The minimum atomic E-state index is 0.646. The molecule has 0 radical (unpaired) electrons. The van der Waals surface area contributed by atoms with Gasteiger partial charge in [0, 0.05) is 19.3 Å². The van der Waals surface area contributed by atoms with E-state index in [1.807, 2.05) is 6.20 Å². The average molecular weight is 230 g/mol. The van der Waals surface area contributed by atoms with Gasteiger partial charge in [-0.05, 0) is 24.8 Å². The Bertz CT molecular complexity index is 513. The number of aromatic amines is 1. The van der Waals surface area contributed by atoms with Gasteiger partial charge in [0.15, 0.2) is 0 Å². The molecule has 1 aliphatic carbocycles. The minimum Gasteiger partial charge on any atom is -0.356 e. The lowest BCUT2D eigenvalue weighted by atomic mass is 9.78. The van der Waals surface area contributed by atoms with Gasteiger partial charge in [-0.25, -0.2) is 9.97 Å². The molecule has 0 spiro atoms. The number of aromatic nitrogens is 3. The molecular weight excluding hydrogens is 212 g/mol. The molecule has 0 saturated heterocycles. The monoisotopic (exact) mass is 230 g/mol. The normalized spacial score (nSPS) is 23.6. The first kappa shape index (κ1) is 10.6. The lowest BCUT2D eigenvalue weighted by Gasteiger charge is -2.41. The highest BCUT2D eigenvalue weighted by molar-refractivity contribution is 5.87. The van der Waals surface area contributed by atoms with Gasteiger partial charge in [-0.1, -0.05) is 13.3 Å². The quantitative estimate of drug-likeness (QED) is 0.881. The molecule has 0 amide bonds. The molecule has 90 valence electrons. The topological polar surface area (TPSA) is 44.8 Å². The average Bonchev–Trinajstić information content (AvgIpc) is 2.74. The van der Waals surface area contributed by atoms with Crippen molar-refractivity contribution < 1.29 is 0 Å². The molecule has 3 rings (SSSR count). The summed E-state index contributed by atoms with van der Waals surface area (Å²) in [6.07, 6.45) is 7.45. The molecule has 2 heterocycles. The number of fused-ring (bicyclic) bond motifs is 1. The molecule has 0 unspecified atom stereocenters. The van der Waals surface area contributed by atoms with Gasteiger partial charge in [-0.3, -0.25) is 0 Å². The second-order valence-electron chi connectivity index (χ2n) is 4.95. The van der Waals surface area contributed by atoms with Gasteiger partial charge in [0.1, 0.15) is 17.8 Å². The smallest absolute Gasteiger partial charge is 0.142 e. The summed E-state index contributed by atoms with van der Waals surface area (Å²) >= 11 is 0. The second kappa shape index (κ2) is 4.02. The highest BCUT2D eigenvalue weighted by Crippen LogP contribution is 2.36. The van der Waals surface area contributed by atoms with Crippen LogP contribution in [0.1, 0.15) is 26.2 Å². The number of rotatable bonds is 3. The van der Waals surface area contributed by atoms with Crippen LogP contribution >= 0.6 is 0 Å². The first-order valence-corrected chi connectivity index (χ1v) is 6.30. The Kier molecular flexibility index (Phi) is 2.50. The standard InChI is InChI=1S/C13H18N4/c1-3-9-6-10(7-9)17(2)13-11-4-5-14-12(11)15-8-16-13/h4-5,8-10H,3,6-7H2,1-2H3,(H,14,15,16). The van der Waals surface area contributed by atoms with Gasteiger partial charge in [0.25, 0.3) is 0 Å². The second-order valence-corrected chi connectivity index (χ2v) is 4.95. The number of hydrogen-bond acceptors (Lipinski definition) is 3. The van der Waals surface area contributed by atoms with Gasteiger partial charge in [-0.15, -0.1) is 0 Å². The third kappa shape index (κ3) is 1.68. The number of H-pyrrole nitrogens is 1. The Balaban J connectivity index is 1.86. The Labute approximate surface area is 101 Å². The van der Waals surface area contributed by atoms with E-state index in [0.717, 1.165) is 22.8 Å². The Morgan fingerprint density at radius 2 is 2.24 bits per heavy atom. The van der Waals surface area contributed by atoms with E-state index >= 15 is 0 Å². The van der Waals surface area contributed by atoms with Gasteiger partial charge in [-0.2, -0.15) is 0 Å². The fourth-order valence-corrected chi connectivity index (χ4v) is 2.66. The molecule has 4 heteroatoms. The third-order valence-corrected chi connectivity index (χ3v) is 4.00. The van der Waals surface area contributed by atoms with Crippen LogP contribution in [0.15, 0.2) is 18.6 Å². The van der Waals surface area contributed by atoms with Gasteiger partial charge in [0.05, 0.1) is 5.39 Å². The minimum absolute atomic E-state index is 0.646. The van der Waals surface area contributed by atoms with Crippen molar-refractivity contribution >= 4 is 16.9 Å². The summed E-state index contributed by atoms with van der Waals surface area (Å²) in [7, 11) is 2.14. The van der Waals surface area contributed by atoms with Crippen molar-refractivity contribution in [2.24, 2.45) is 5.92 Å². The number of nitrogens with one attached hydrogen (secondary N) is 1. The Hall–Kier alpha value is -1.58. The predicted molar refractivity (Wildman–Crippen MR) is 69.1 cm³/mol. The van der Waals surface area contributed by atoms with Crippen molar-refractivity contribution in [3.63, 3.8) is 0 Å². The van der Waals surface area contributed by atoms with Gasteiger partial charge in [0.2, 0.25) is 0 Å². The van der Waals surface area contributed by atoms with E-state index in [-0.39, 0.29) is 0 Å². The SMILES string of the molecule is CCC1CC(N(C)c2ncnc3[nH]ccc23)C1. The number of hydrogen-bond donors (Lipinski definition) is 1. The summed E-state index contributed by atoms with van der Waals surface area (Å²) < 4.78 is 0. The van der Waals surface area contributed by atoms with Crippen LogP contribution in [0.5, 0.6) is 0 Å². The molecule has 2 aromatic rings. The van der Waals surface area contributed by atoms with E-state index in [0.29, 0.717) is 6.04 Å². The fraction of sp³-hybridized carbons (Fsp3) is 0.538. The van der Waals surface area contributed by atoms with Gasteiger partial charge >= 0.3 is 0 Å². The Morgan fingerprint density at radius 3 is 3.00 bits per heavy atom. The molecule has 0 aliphatic heterocycles.